The summed E-state index contributed by atoms with van der Waals surface area (Å²) in [6.45, 7) is 10.1. The molecule has 1 heterocycles. The average molecular weight is 246 g/mol. The lowest BCUT2D eigenvalue weighted by Gasteiger charge is -2.26. The highest BCUT2D eigenvalue weighted by Gasteiger charge is 1.94. The molecule has 18 heavy (non-hydrogen) atoms. The fourth-order valence-corrected chi connectivity index (χ4v) is 1.36. The van der Waals surface area contributed by atoms with Crippen LogP contribution in [-0.4, -0.2) is 42.8 Å². The molecule has 1 aliphatic rings. The molecule has 0 spiro atoms. The average Bonchev–Trinajstić information content (AvgIpc) is 2.35. The summed E-state index contributed by atoms with van der Waals surface area (Å²) in [4.78, 5) is 13.4. The molecule has 1 aliphatic heterocycles. The van der Waals surface area contributed by atoms with Crippen molar-refractivity contribution in [2.75, 3.05) is 19.6 Å². The highest BCUT2D eigenvalue weighted by atomic mass is 14.9. The number of nitrogens with zero attached hydrogens (tertiary/aromatic N) is 4. The molecule has 1 unspecified atom stereocenters. The highest BCUT2D eigenvalue weighted by molar-refractivity contribution is 6.40. The molecule has 100 valence electrons. The van der Waals surface area contributed by atoms with E-state index in [9.17, 15) is 0 Å². The Morgan fingerprint density at radius 3 is 2.56 bits per heavy atom. The van der Waals surface area contributed by atoms with E-state index in [4.69, 9.17) is 0 Å². The molecule has 0 amide bonds. The van der Waals surface area contributed by atoms with Gasteiger partial charge in [-0.2, -0.15) is 6.20 Å². The molecule has 0 aromatic carbocycles. The van der Waals surface area contributed by atoms with Gasteiger partial charge in [-0.25, -0.2) is 0 Å². The minimum atomic E-state index is 0.132. The van der Waals surface area contributed by atoms with E-state index in [1.54, 1.807) is 0 Å². The highest BCUT2D eigenvalue weighted by Crippen LogP contribution is 2.04. The van der Waals surface area contributed by atoms with Gasteiger partial charge in [-0.3, -0.25) is 11.4 Å². The Labute approximate surface area is 110 Å². The quantitative estimate of drug-likeness (QED) is 0.590. The summed E-state index contributed by atoms with van der Waals surface area (Å²) in [5, 5.41) is 4.41. The van der Waals surface area contributed by atoms with Gasteiger partial charge in [0.25, 0.3) is 0 Å². The SMILES string of the molecule is CC1=NC/C=C\[N-]C(C)C(C)=NC[CH-]CN=C1C. The first kappa shape index (κ1) is 14.6. The molecule has 0 aromatic heterocycles. The number of rotatable bonds is 0. The summed E-state index contributed by atoms with van der Waals surface area (Å²) >= 11 is 0. The van der Waals surface area contributed by atoms with Crippen LogP contribution in [0.4, 0.5) is 0 Å². The largest absolute Gasteiger partial charge is 0.684 e. The molecule has 0 radical (unpaired) electrons. The summed E-state index contributed by atoms with van der Waals surface area (Å²) < 4.78 is 0. The first-order valence-corrected chi connectivity index (χ1v) is 6.31. The van der Waals surface area contributed by atoms with Crippen LogP contribution < -0.4 is 0 Å². The van der Waals surface area contributed by atoms with E-state index in [2.05, 4.69) is 26.7 Å². The third-order valence-electron chi connectivity index (χ3n) is 2.90. The zero-order valence-corrected chi connectivity index (χ0v) is 11.7. The maximum atomic E-state index is 4.47. The van der Waals surface area contributed by atoms with Crippen LogP contribution in [0.15, 0.2) is 27.3 Å². The van der Waals surface area contributed by atoms with Gasteiger partial charge in [0.15, 0.2) is 0 Å². The second-order valence-electron chi connectivity index (χ2n) is 4.33. The van der Waals surface area contributed by atoms with Crippen molar-refractivity contribution in [1.82, 2.24) is 0 Å². The lowest BCUT2D eigenvalue weighted by molar-refractivity contribution is 1.00. The molecular formula is C14H22N4-2. The summed E-state index contributed by atoms with van der Waals surface area (Å²) in [6, 6.07) is 0.132. The Hall–Kier alpha value is -1.45. The minimum Gasteiger partial charge on any atom is -0.684 e. The molecule has 1 rings (SSSR count). The summed E-state index contributed by atoms with van der Waals surface area (Å²) in [5.74, 6) is 0. The Kier molecular flexibility index (Phi) is 6.33. The molecule has 0 aromatic rings. The summed E-state index contributed by atoms with van der Waals surface area (Å²) in [6.07, 6.45) is 5.84. The predicted octanol–water partition coefficient (Wildman–Crippen LogP) is 2.86. The van der Waals surface area contributed by atoms with Crippen LogP contribution in [-0.2, 0) is 0 Å². The number of aliphatic imine (C=N–C) groups is 3. The third kappa shape index (κ3) is 5.25. The first-order valence-electron chi connectivity index (χ1n) is 6.31. The van der Waals surface area contributed by atoms with Crippen molar-refractivity contribution in [3.63, 3.8) is 0 Å². The lowest BCUT2D eigenvalue weighted by Crippen LogP contribution is -2.12. The van der Waals surface area contributed by atoms with Crippen molar-refractivity contribution in [3.8, 4) is 0 Å². The van der Waals surface area contributed by atoms with E-state index in [1.165, 1.54) is 0 Å². The van der Waals surface area contributed by atoms with Crippen molar-refractivity contribution in [1.29, 1.82) is 0 Å². The van der Waals surface area contributed by atoms with Crippen LogP contribution >= 0.6 is 0 Å². The molecule has 0 bridgehead atoms. The van der Waals surface area contributed by atoms with E-state index >= 15 is 0 Å². The molecule has 0 aliphatic carbocycles. The first-order chi connectivity index (χ1) is 8.61. The van der Waals surface area contributed by atoms with E-state index in [0.717, 1.165) is 17.1 Å². The van der Waals surface area contributed by atoms with Crippen LogP contribution in [0.25, 0.3) is 5.32 Å². The van der Waals surface area contributed by atoms with E-state index < -0.39 is 0 Å². The van der Waals surface area contributed by atoms with Gasteiger partial charge in [0.05, 0.1) is 12.3 Å². The van der Waals surface area contributed by atoms with Crippen molar-refractivity contribution < 1.29 is 0 Å². The Bertz CT molecular complexity index is 377. The Morgan fingerprint density at radius 2 is 1.78 bits per heavy atom. The van der Waals surface area contributed by atoms with Gasteiger partial charge in [-0.15, -0.1) is 0 Å². The molecule has 0 saturated heterocycles. The van der Waals surface area contributed by atoms with Gasteiger partial charge in [0.1, 0.15) is 0 Å². The van der Waals surface area contributed by atoms with Crippen LogP contribution in [0.3, 0.4) is 0 Å². The fourth-order valence-electron chi connectivity index (χ4n) is 1.36. The van der Waals surface area contributed by atoms with Crippen LogP contribution in [0, 0.1) is 6.42 Å². The zero-order valence-electron chi connectivity index (χ0n) is 11.7. The van der Waals surface area contributed by atoms with E-state index in [0.29, 0.717) is 19.6 Å². The standard InChI is InChI=1S/C14H22N4/c1-11-12(2)16-8-6-10-18-14(4)13(3)17-9-5-7-15-11/h5-7,11H,8-10H2,1-4H3/q-2/b7-5-,16-12?,17-13?,18-14?. The number of hydrogen-bond donors (Lipinski definition) is 0. The van der Waals surface area contributed by atoms with Gasteiger partial charge in [0.2, 0.25) is 0 Å². The van der Waals surface area contributed by atoms with Gasteiger partial charge < -0.3 is 15.3 Å². The van der Waals surface area contributed by atoms with Crippen molar-refractivity contribution in [2.24, 2.45) is 15.0 Å². The van der Waals surface area contributed by atoms with Gasteiger partial charge in [-0.05, 0) is 26.5 Å². The predicted molar refractivity (Wildman–Crippen MR) is 80.2 cm³/mol. The topological polar surface area (TPSA) is 51.2 Å². The number of hydrogen-bond acceptors (Lipinski definition) is 3. The monoisotopic (exact) mass is 246 g/mol. The lowest BCUT2D eigenvalue weighted by atomic mass is 10.2. The molecule has 4 nitrogen and oxygen atoms in total. The molecule has 4 heteroatoms. The van der Waals surface area contributed by atoms with Crippen molar-refractivity contribution in [3.05, 3.63) is 24.0 Å². The zero-order chi connectivity index (χ0) is 13.4. The molecule has 0 fully saturated rings. The molecule has 1 atom stereocenters. The third-order valence-corrected chi connectivity index (χ3v) is 2.90. The minimum absolute atomic E-state index is 0.132. The van der Waals surface area contributed by atoms with Crippen molar-refractivity contribution >= 4 is 17.1 Å². The van der Waals surface area contributed by atoms with E-state index in [1.807, 2.05) is 40.0 Å². The van der Waals surface area contributed by atoms with E-state index in [-0.39, 0.29) is 6.04 Å². The summed E-state index contributed by atoms with van der Waals surface area (Å²) in [5.41, 5.74) is 3.02. The summed E-state index contributed by atoms with van der Waals surface area (Å²) in [7, 11) is 0. The molecular weight excluding hydrogens is 224 g/mol. The molecule has 0 N–H and O–H groups in total. The second kappa shape index (κ2) is 7.80. The fraction of sp³-hybridized carbons (Fsp3) is 0.571. The van der Waals surface area contributed by atoms with Crippen LogP contribution in [0.5, 0.6) is 0 Å². The normalized spacial score (nSPS) is 25.1. The van der Waals surface area contributed by atoms with Gasteiger partial charge in [-0.1, -0.05) is 32.1 Å². The Morgan fingerprint density at radius 1 is 1.11 bits per heavy atom. The maximum Gasteiger partial charge on any atom is 0.0560 e. The van der Waals surface area contributed by atoms with Crippen LogP contribution in [0.2, 0.25) is 0 Å². The Balaban J connectivity index is 2.73. The van der Waals surface area contributed by atoms with Crippen molar-refractivity contribution in [2.45, 2.75) is 33.7 Å². The van der Waals surface area contributed by atoms with Gasteiger partial charge >= 0.3 is 0 Å². The molecule has 0 saturated carbocycles. The maximum absolute atomic E-state index is 4.47. The van der Waals surface area contributed by atoms with Gasteiger partial charge in [0, 0.05) is 5.71 Å². The smallest absolute Gasteiger partial charge is 0.0560 e. The second-order valence-corrected chi connectivity index (χ2v) is 4.33. The van der Waals surface area contributed by atoms with Crippen LogP contribution in [0.1, 0.15) is 27.7 Å².